The molecule has 3 aliphatic rings. The van der Waals surface area contributed by atoms with Gasteiger partial charge in [-0.2, -0.15) is 0 Å². The summed E-state index contributed by atoms with van der Waals surface area (Å²) in [5.74, 6) is 0.668. The molecule has 2 unspecified atom stereocenters. The number of epoxide rings is 1. The largest absolute Gasteiger partial charge is 0.392 e. The summed E-state index contributed by atoms with van der Waals surface area (Å²) in [6.07, 6.45) is 3.63. The maximum atomic E-state index is 9.60. The lowest BCUT2D eigenvalue weighted by Gasteiger charge is -2.42. The van der Waals surface area contributed by atoms with E-state index in [1.165, 1.54) is 11.1 Å². The summed E-state index contributed by atoms with van der Waals surface area (Å²) in [4.78, 5) is 2.58. The molecule has 4 nitrogen and oxygen atoms in total. The number of benzene rings is 1. The summed E-state index contributed by atoms with van der Waals surface area (Å²) in [5, 5.41) is 19.1. The Balaban J connectivity index is 1.62. The molecule has 0 aliphatic carbocycles. The molecule has 126 valence electrons. The first kappa shape index (κ1) is 15.6. The van der Waals surface area contributed by atoms with Gasteiger partial charge in [0.15, 0.2) is 0 Å². The molecule has 3 aliphatic heterocycles. The van der Waals surface area contributed by atoms with E-state index in [0.29, 0.717) is 18.1 Å². The van der Waals surface area contributed by atoms with Crippen LogP contribution < -0.4 is 0 Å². The number of ether oxygens (including phenoxy) is 1. The molecule has 23 heavy (non-hydrogen) atoms. The van der Waals surface area contributed by atoms with Gasteiger partial charge in [0.2, 0.25) is 0 Å². The van der Waals surface area contributed by atoms with E-state index in [0.717, 1.165) is 43.5 Å². The molecule has 0 radical (unpaired) electrons. The monoisotopic (exact) mass is 317 g/mol. The molecule has 0 amide bonds. The molecule has 0 spiro atoms. The van der Waals surface area contributed by atoms with E-state index >= 15 is 0 Å². The second kappa shape index (κ2) is 5.55. The quantitative estimate of drug-likeness (QED) is 0.836. The molecule has 2 fully saturated rings. The summed E-state index contributed by atoms with van der Waals surface area (Å²) >= 11 is 0. The molecule has 4 rings (SSSR count). The van der Waals surface area contributed by atoms with Crippen molar-refractivity contribution in [3.8, 4) is 0 Å². The van der Waals surface area contributed by atoms with Crippen LogP contribution in [0.3, 0.4) is 0 Å². The van der Waals surface area contributed by atoms with Crippen LogP contribution in [0, 0.1) is 5.92 Å². The van der Waals surface area contributed by atoms with Gasteiger partial charge in [0.1, 0.15) is 5.60 Å². The zero-order valence-electron chi connectivity index (χ0n) is 14.1. The Labute approximate surface area is 138 Å². The summed E-state index contributed by atoms with van der Waals surface area (Å²) in [6, 6.07) is 4.63. The lowest BCUT2D eigenvalue weighted by Crippen LogP contribution is -2.47. The molecule has 3 atom stereocenters. The van der Waals surface area contributed by atoms with Crippen molar-refractivity contribution in [2.24, 2.45) is 5.92 Å². The highest BCUT2D eigenvalue weighted by atomic mass is 16.6. The Hall–Kier alpha value is -0.940. The Kier molecular flexibility index (Phi) is 3.76. The summed E-state index contributed by atoms with van der Waals surface area (Å²) in [7, 11) is 0. The highest BCUT2D eigenvalue weighted by molar-refractivity contribution is 5.42. The number of aliphatic hydroxyl groups excluding tert-OH is 2. The van der Waals surface area contributed by atoms with E-state index in [1.54, 1.807) is 0 Å². The second-order valence-electron chi connectivity index (χ2n) is 7.88. The van der Waals surface area contributed by atoms with Crippen molar-refractivity contribution in [2.75, 3.05) is 13.1 Å². The lowest BCUT2D eigenvalue weighted by atomic mass is 9.80. The van der Waals surface area contributed by atoms with Gasteiger partial charge in [-0.15, -0.1) is 0 Å². The summed E-state index contributed by atoms with van der Waals surface area (Å²) < 4.78 is 6.15. The second-order valence-corrected chi connectivity index (χ2v) is 7.88. The van der Waals surface area contributed by atoms with E-state index in [9.17, 15) is 10.2 Å². The van der Waals surface area contributed by atoms with Crippen molar-refractivity contribution in [3.63, 3.8) is 0 Å². The van der Waals surface area contributed by atoms with Crippen LogP contribution in [0.15, 0.2) is 12.1 Å². The molecule has 4 heteroatoms. The minimum absolute atomic E-state index is 0.000784. The van der Waals surface area contributed by atoms with Gasteiger partial charge in [0, 0.05) is 19.1 Å². The van der Waals surface area contributed by atoms with Crippen LogP contribution >= 0.6 is 0 Å². The van der Waals surface area contributed by atoms with E-state index in [4.69, 9.17) is 4.74 Å². The van der Waals surface area contributed by atoms with Gasteiger partial charge < -0.3 is 14.9 Å². The van der Waals surface area contributed by atoms with Crippen molar-refractivity contribution in [3.05, 3.63) is 34.4 Å². The fourth-order valence-corrected chi connectivity index (χ4v) is 4.80. The lowest BCUT2D eigenvalue weighted by molar-refractivity contribution is 0.112. The number of hydrogen-bond donors (Lipinski definition) is 2. The zero-order chi connectivity index (χ0) is 16.2. The number of aliphatic hydroxyl groups is 2. The Bertz CT molecular complexity index is 615. The average Bonchev–Trinajstić information content (AvgIpc) is 3.22. The van der Waals surface area contributed by atoms with Gasteiger partial charge in [-0.25, -0.2) is 0 Å². The fourth-order valence-electron chi connectivity index (χ4n) is 4.80. The van der Waals surface area contributed by atoms with Gasteiger partial charge in [-0.3, -0.25) is 4.90 Å². The van der Waals surface area contributed by atoms with E-state index in [2.05, 4.69) is 30.9 Å². The predicted octanol–water partition coefficient (Wildman–Crippen LogP) is 2.16. The van der Waals surface area contributed by atoms with Gasteiger partial charge in [-0.1, -0.05) is 26.0 Å². The van der Waals surface area contributed by atoms with E-state index in [-0.39, 0.29) is 18.8 Å². The van der Waals surface area contributed by atoms with E-state index < -0.39 is 0 Å². The van der Waals surface area contributed by atoms with Gasteiger partial charge in [-0.05, 0) is 47.4 Å². The van der Waals surface area contributed by atoms with Gasteiger partial charge in [0.25, 0.3) is 0 Å². The van der Waals surface area contributed by atoms with Gasteiger partial charge >= 0.3 is 0 Å². The molecular weight excluding hydrogens is 290 g/mol. The first-order valence-electron chi connectivity index (χ1n) is 8.84. The molecule has 1 aromatic carbocycles. The van der Waals surface area contributed by atoms with E-state index in [1.807, 2.05) is 0 Å². The highest BCUT2D eigenvalue weighted by Crippen LogP contribution is 2.53. The normalized spacial score (nSPS) is 32.4. The minimum Gasteiger partial charge on any atom is -0.392 e. The van der Waals surface area contributed by atoms with Crippen LogP contribution in [0.5, 0.6) is 0 Å². The summed E-state index contributed by atoms with van der Waals surface area (Å²) in [5.41, 5.74) is 4.51. The molecule has 2 N–H and O–H groups in total. The number of fused-ring (bicyclic) bond motifs is 4. The number of rotatable bonds is 4. The molecule has 0 saturated carbocycles. The Morgan fingerprint density at radius 3 is 2.70 bits per heavy atom. The zero-order valence-corrected chi connectivity index (χ0v) is 14.1. The minimum atomic E-state index is -0.00684. The first-order valence-corrected chi connectivity index (χ1v) is 8.84. The standard InChI is InChI=1S/C19H27NO3/c1-12(2)8-19-11-20-4-3-13-5-14(9-21)15(10-22)6-16(13)17(20)7-18(19)23-19/h5-6,12,17-18,21-22H,3-4,7-11H2,1-2H3/t17-,18?,19?/m1/s1. The predicted molar refractivity (Wildman–Crippen MR) is 88.0 cm³/mol. The summed E-state index contributed by atoms with van der Waals surface area (Å²) in [6.45, 7) is 6.64. The van der Waals surface area contributed by atoms with Crippen molar-refractivity contribution in [1.29, 1.82) is 0 Å². The van der Waals surface area contributed by atoms with Crippen LogP contribution in [0.1, 0.15) is 55.0 Å². The topological polar surface area (TPSA) is 56.2 Å². The highest BCUT2D eigenvalue weighted by Gasteiger charge is 2.61. The maximum absolute atomic E-state index is 9.60. The van der Waals surface area contributed by atoms with Crippen LogP contribution in [0.25, 0.3) is 0 Å². The fraction of sp³-hybridized carbons (Fsp3) is 0.684. The SMILES string of the molecule is CC(C)CC12CN3CCc4cc(CO)c(CO)cc4[C@H]3CC1O2. The molecule has 3 heterocycles. The van der Waals surface area contributed by atoms with Crippen LogP contribution in [-0.4, -0.2) is 39.9 Å². The maximum Gasteiger partial charge on any atom is 0.108 e. The molecule has 2 saturated heterocycles. The van der Waals surface area contributed by atoms with Crippen LogP contribution in [-0.2, 0) is 24.4 Å². The third-order valence-electron chi connectivity index (χ3n) is 5.84. The molecule has 0 aromatic heterocycles. The molecule has 0 bridgehead atoms. The third-order valence-corrected chi connectivity index (χ3v) is 5.84. The molecular formula is C19H27NO3. The number of piperidine rings is 1. The third kappa shape index (κ3) is 2.52. The van der Waals surface area contributed by atoms with Crippen molar-refractivity contribution in [2.45, 2.75) is 64.1 Å². The Morgan fingerprint density at radius 1 is 1.26 bits per heavy atom. The van der Waals surface area contributed by atoms with Crippen molar-refractivity contribution < 1.29 is 14.9 Å². The van der Waals surface area contributed by atoms with Gasteiger partial charge in [0.05, 0.1) is 19.3 Å². The van der Waals surface area contributed by atoms with Crippen LogP contribution in [0.4, 0.5) is 0 Å². The smallest absolute Gasteiger partial charge is 0.108 e. The van der Waals surface area contributed by atoms with Crippen molar-refractivity contribution >= 4 is 0 Å². The van der Waals surface area contributed by atoms with Crippen LogP contribution in [0.2, 0.25) is 0 Å². The number of hydrogen-bond acceptors (Lipinski definition) is 4. The first-order chi connectivity index (χ1) is 11.1. The molecule has 1 aromatic rings. The van der Waals surface area contributed by atoms with Crippen molar-refractivity contribution in [1.82, 2.24) is 4.90 Å². The number of nitrogens with zero attached hydrogens (tertiary/aromatic N) is 1. The average molecular weight is 317 g/mol. The Morgan fingerprint density at radius 2 is 2.00 bits per heavy atom.